The molecule has 2 aliphatic rings. The quantitative estimate of drug-likeness (QED) is 0.820. The fourth-order valence-corrected chi connectivity index (χ4v) is 3.63. The number of thioether (sulfide) groups is 1. The van der Waals surface area contributed by atoms with Crippen LogP contribution in [0.25, 0.3) is 0 Å². The number of piperidine rings is 1. The molecule has 0 spiro atoms. The van der Waals surface area contributed by atoms with Crippen LogP contribution in [-0.4, -0.2) is 65.8 Å². The lowest BCUT2D eigenvalue weighted by atomic mass is 9.95. The van der Waals surface area contributed by atoms with E-state index in [1.54, 1.807) is 11.8 Å². The van der Waals surface area contributed by atoms with Crippen LogP contribution in [0.4, 0.5) is 0 Å². The average Bonchev–Trinajstić information content (AvgIpc) is 3.05. The van der Waals surface area contributed by atoms with Crippen LogP contribution < -0.4 is 5.73 Å². The van der Waals surface area contributed by atoms with Crippen LogP contribution in [-0.2, 0) is 9.59 Å². The second-order valence-electron chi connectivity index (χ2n) is 6.02. The molecule has 2 rings (SSSR count). The summed E-state index contributed by atoms with van der Waals surface area (Å²) in [6, 6.07) is -0.386. The van der Waals surface area contributed by atoms with Crippen molar-refractivity contribution in [1.82, 2.24) is 9.80 Å². The molecule has 2 saturated heterocycles. The summed E-state index contributed by atoms with van der Waals surface area (Å²) in [7, 11) is 0. The van der Waals surface area contributed by atoms with Gasteiger partial charge in [-0.25, -0.2) is 0 Å². The molecule has 6 heteroatoms. The van der Waals surface area contributed by atoms with E-state index in [0.29, 0.717) is 19.0 Å². The van der Waals surface area contributed by atoms with E-state index < -0.39 is 0 Å². The van der Waals surface area contributed by atoms with Gasteiger partial charge in [0.05, 0.1) is 6.04 Å². The number of carbonyl (C=O) groups is 2. The molecule has 0 aromatic heterocycles. The third-order valence-corrected chi connectivity index (χ3v) is 5.17. The van der Waals surface area contributed by atoms with Gasteiger partial charge in [0.25, 0.3) is 0 Å². The Morgan fingerprint density at radius 1 is 1.14 bits per heavy atom. The first-order chi connectivity index (χ1) is 10.1. The zero-order chi connectivity index (χ0) is 15.2. The maximum atomic E-state index is 12.3. The second-order valence-corrected chi connectivity index (χ2v) is 7.01. The summed E-state index contributed by atoms with van der Waals surface area (Å²) < 4.78 is 0. The number of rotatable bonds is 5. The highest BCUT2D eigenvalue weighted by molar-refractivity contribution is 7.98. The molecule has 0 unspecified atom stereocenters. The molecule has 21 heavy (non-hydrogen) atoms. The minimum absolute atomic E-state index is 0.0520. The molecular formula is C15H27N3O2S. The van der Waals surface area contributed by atoms with Gasteiger partial charge >= 0.3 is 0 Å². The number of nitrogens with zero attached hydrogens (tertiary/aromatic N) is 2. The molecular weight excluding hydrogens is 286 g/mol. The lowest BCUT2D eigenvalue weighted by Gasteiger charge is -2.34. The van der Waals surface area contributed by atoms with E-state index in [2.05, 4.69) is 0 Å². The highest BCUT2D eigenvalue weighted by atomic mass is 32.2. The minimum Gasteiger partial charge on any atom is -0.342 e. The molecule has 1 atom stereocenters. The fraction of sp³-hybridized carbons (Fsp3) is 0.867. The molecule has 2 N–H and O–H groups in total. The number of amides is 2. The second kappa shape index (κ2) is 8.03. The van der Waals surface area contributed by atoms with Crippen molar-refractivity contribution in [3.63, 3.8) is 0 Å². The van der Waals surface area contributed by atoms with Gasteiger partial charge in [-0.2, -0.15) is 11.8 Å². The molecule has 0 bridgehead atoms. The average molecular weight is 313 g/mol. The highest BCUT2D eigenvalue weighted by Crippen LogP contribution is 2.22. The van der Waals surface area contributed by atoms with Gasteiger partial charge in [-0.05, 0) is 44.1 Å². The molecule has 2 amide bonds. The fourth-order valence-electron chi connectivity index (χ4n) is 3.15. The van der Waals surface area contributed by atoms with Crippen LogP contribution in [0.2, 0.25) is 0 Å². The van der Waals surface area contributed by atoms with Gasteiger partial charge in [0, 0.05) is 32.1 Å². The standard InChI is InChI=1S/C15H27N3O2S/c1-21-11-6-13(16)15(20)18-9-4-12(5-10-18)14(19)17-7-2-3-8-17/h12-13H,2-11,16H2,1H3/t13-/m0/s1. The first-order valence-corrected chi connectivity index (χ1v) is 9.35. The van der Waals surface area contributed by atoms with Crippen molar-refractivity contribution in [2.75, 3.05) is 38.2 Å². The summed E-state index contributed by atoms with van der Waals surface area (Å²) in [5.41, 5.74) is 5.95. The topological polar surface area (TPSA) is 66.6 Å². The van der Waals surface area contributed by atoms with E-state index in [4.69, 9.17) is 5.73 Å². The van der Waals surface area contributed by atoms with Gasteiger partial charge in [-0.15, -0.1) is 0 Å². The van der Waals surface area contributed by atoms with Crippen molar-refractivity contribution >= 4 is 23.6 Å². The zero-order valence-corrected chi connectivity index (χ0v) is 13.7. The predicted octanol–water partition coefficient (Wildman–Crippen LogP) is 0.928. The number of likely N-dealkylation sites (tertiary alicyclic amines) is 2. The maximum Gasteiger partial charge on any atom is 0.239 e. The van der Waals surface area contributed by atoms with Crippen LogP contribution in [0.15, 0.2) is 0 Å². The SMILES string of the molecule is CSCC[C@H](N)C(=O)N1CCC(C(=O)N2CCCC2)CC1. The molecule has 5 nitrogen and oxygen atoms in total. The van der Waals surface area contributed by atoms with Crippen molar-refractivity contribution in [3.05, 3.63) is 0 Å². The molecule has 0 saturated carbocycles. The van der Waals surface area contributed by atoms with Crippen molar-refractivity contribution < 1.29 is 9.59 Å². The van der Waals surface area contributed by atoms with E-state index in [0.717, 1.165) is 50.9 Å². The van der Waals surface area contributed by atoms with Crippen molar-refractivity contribution in [2.45, 2.75) is 38.1 Å². The zero-order valence-electron chi connectivity index (χ0n) is 12.9. The van der Waals surface area contributed by atoms with Crippen molar-refractivity contribution in [3.8, 4) is 0 Å². The Labute approximate surface area is 131 Å². The molecule has 2 aliphatic heterocycles. The van der Waals surface area contributed by atoms with Gasteiger partial charge < -0.3 is 15.5 Å². The van der Waals surface area contributed by atoms with Gasteiger partial charge in [0.15, 0.2) is 0 Å². The molecule has 2 fully saturated rings. The summed E-state index contributed by atoms with van der Waals surface area (Å²) in [5.74, 6) is 1.37. The van der Waals surface area contributed by atoms with Crippen LogP contribution in [0.5, 0.6) is 0 Å². The Kier molecular flexibility index (Phi) is 6.36. The molecule has 2 heterocycles. The van der Waals surface area contributed by atoms with E-state index in [9.17, 15) is 9.59 Å². The highest BCUT2D eigenvalue weighted by Gasteiger charge is 2.32. The van der Waals surface area contributed by atoms with E-state index in [1.807, 2.05) is 16.1 Å². The Balaban J connectivity index is 1.77. The molecule has 120 valence electrons. The number of hydrogen-bond acceptors (Lipinski definition) is 4. The Bertz CT molecular complexity index is 364. The predicted molar refractivity (Wildman–Crippen MR) is 86.1 cm³/mol. The lowest BCUT2D eigenvalue weighted by Crippen LogP contribution is -2.49. The summed E-state index contributed by atoms with van der Waals surface area (Å²) in [6.45, 7) is 3.18. The lowest BCUT2D eigenvalue weighted by molar-refractivity contribution is -0.140. The molecule has 0 aromatic rings. The van der Waals surface area contributed by atoms with E-state index in [-0.39, 0.29) is 17.9 Å². The third-order valence-electron chi connectivity index (χ3n) is 4.52. The molecule has 0 aliphatic carbocycles. The van der Waals surface area contributed by atoms with Gasteiger partial charge in [-0.1, -0.05) is 0 Å². The molecule has 0 radical (unpaired) electrons. The molecule has 0 aromatic carbocycles. The van der Waals surface area contributed by atoms with E-state index >= 15 is 0 Å². The van der Waals surface area contributed by atoms with Crippen molar-refractivity contribution in [2.24, 2.45) is 11.7 Å². The van der Waals surface area contributed by atoms with Gasteiger partial charge in [0.1, 0.15) is 0 Å². The monoisotopic (exact) mass is 313 g/mol. The van der Waals surface area contributed by atoms with Crippen molar-refractivity contribution in [1.29, 1.82) is 0 Å². The number of nitrogens with two attached hydrogens (primary N) is 1. The summed E-state index contributed by atoms with van der Waals surface area (Å²) in [5, 5.41) is 0. The third kappa shape index (κ3) is 4.36. The van der Waals surface area contributed by atoms with Gasteiger partial charge in [0.2, 0.25) is 11.8 Å². The summed E-state index contributed by atoms with van der Waals surface area (Å²) in [6.07, 6.45) is 6.59. The largest absolute Gasteiger partial charge is 0.342 e. The van der Waals surface area contributed by atoms with Gasteiger partial charge in [-0.3, -0.25) is 9.59 Å². The van der Waals surface area contributed by atoms with E-state index in [1.165, 1.54) is 0 Å². The van der Waals surface area contributed by atoms with Crippen LogP contribution in [0, 0.1) is 5.92 Å². The first kappa shape index (κ1) is 16.6. The van der Waals surface area contributed by atoms with Crippen LogP contribution >= 0.6 is 11.8 Å². The van der Waals surface area contributed by atoms with Crippen LogP contribution in [0.3, 0.4) is 0 Å². The number of hydrogen-bond donors (Lipinski definition) is 1. The van der Waals surface area contributed by atoms with Crippen LogP contribution in [0.1, 0.15) is 32.1 Å². The smallest absolute Gasteiger partial charge is 0.239 e. The Morgan fingerprint density at radius 3 is 2.33 bits per heavy atom. The summed E-state index contributed by atoms with van der Waals surface area (Å²) in [4.78, 5) is 28.4. The Hall–Kier alpha value is -0.750. The minimum atomic E-state index is -0.386. The maximum absolute atomic E-state index is 12.3. The first-order valence-electron chi connectivity index (χ1n) is 7.95. The number of carbonyl (C=O) groups excluding carboxylic acids is 2. The summed E-state index contributed by atoms with van der Waals surface area (Å²) >= 11 is 1.71. The normalized spacial score (nSPS) is 21.6. The Morgan fingerprint density at radius 2 is 1.76 bits per heavy atom.